The van der Waals surface area contributed by atoms with Gasteiger partial charge in [-0.3, -0.25) is 9.59 Å². The lowest BCUT2D eigenvalue weighted by Gasteiger charge is -2.23. The van der Waals surface area contributed by atoms with Crippen molar-refractivity contribution in [2.45, 2.75) is 58.3 Å². The zero-order chi connectivity index (χ0) is 14.1. The summed E-state index contributed by atoms with van der Waals surface area (Å²) in [5.41, 5.74) is 1.43. The van der Waals surface area contributed by atoms with Crippen LogP contribution >= 0.6 is 0 Å². The lowest BCUT2D eigenvalue weighted by molar-refractivity contribution is -0.138. The van der Waals surface area contributed by atoms with Crippen molar-refractivity contribution in [2.75, 3.05) is 13.1 Å². The van der Waals surface area contributed by atoms with Crippen LogP contribution in [0.5, 0.6) is 0 Å². The lowest BCUT2D eigenvalue weighted by Crippen LogP contribution is -2.34. The second kappa shape index (κ2) is 8.73. The van der Waals surface area contributed by atoms with Gasteiger partial charge in [0.05, 0.1) is 6.42 Å². The average Bonchev–Trinajstić information content (AvgIpc) is 2.40. The van der Waals surface area contributed by atoms with Crippen LogP contribution in [0.25, 0.3) is 0 Å². The van der Waals surface area contributed by atoms with Crippen LogP contribution < -0.4 is 0 Å². The van der Waals surface area contributed by atoms with Gasteiger partial charge in [-0.1, -0.05) is 18.6 Å². The Hall–Kier alpha value is -1.32. The fourth-order valence-electron chi connectivity index (χ4n) is 2.37. The fraction of sp³-hybridized carbons (Fsp3) is 0.733. The molecule has 4 heteroatoms. The van der Waals surface area contributed by atoms with Gasteiger partial charge in [0.25, 0.3) is 0 Å². The number of carboxylic acid groups (broad SMARTS) is 1. The molecule has 0 spiro atoms. The van der Waals surface area contributed by atoms with Crippen LogP contribution in [0.2, 0.25) is 0 Å². The highest BCUT2D eigenvalue weighted by atomic mass is 16.4. The highest BCUT2D eigenvalue weighted by Gasteiger charge is 2.14. The minimum Gasteiger partial charge on any atom is -0.481 e. The van der Waals surface area contributed by atoms with Crippen molar-refractivity contribution in [3.8, 4) is 0 Å². The van der Waals surface area contributed by atoms with E-state index in [-0.39, 0.29) is 12.3 Å². The molecule has 1 N–H and O–H groups in total. The lowest BCUT2D eigenvalue weighted by atomic mass is 9.97. The number of amides is 1. The van der Waals surface area contributed by atoms with E-state index in [1.54, 1.807) is 4.90 Å². The zero-order valence-electron chi connectivity index (χ0n) is 11.9. The molecule has 0 heterocycles. The van der Waals surface area contributed by atoms with E-state index >= 15 is 0 Å². The van der Waals surface area contributed by atoms with E-state index in [0.717, 1.165) is 25.7 Å². The Bertz CT molecular complexity index is 336. The third kappa shape index (κ3) is 6.41. The first-order chi connectivity index (χ1) is 9.13. The Morgan fingerprint density at radius 1 is 1.26 bits per heavy atom. The van der Waals surface area contributed by atoms with E-state index < -0.39 is 5.97 Å². The molecule has 0 atom stereocenters. The molecular formula is C15H25NO3. The second-order valence-corrected chi connectivity index (χ2v) is 5.13. The van der Waals surface area contributed by atoms with E-state index in [0.29, 0.717) is 19.5 Å². The Morgan fingerprint density at radius 3 is 2.63 bits per heavy atom. The normalized spacial score (nSPS) is 14.9. The number of nitrogens with zero attached hydrogens (tertiary/aromatic N) is 1. The third-order valence-corrected chi connectivity index (χ3v) is 3.50. The van der Waals surface area contributed by atoms with Crippen LogP contribution in [0.15, 0.2) is 11.6 Å². The number of carbonyl (C=O) groups is 2. The Labute approximate surface area is 115 Å². The fourth-order valence-corrected chi connectivity index (χ4v) is 2.37. The van der Waals surface area contributed by atoms with Crippen molar-refractivity contribution in [1.29, 1.82) is 0 Å². The van der Waals surface area contributed by atoms with Crippen molar-refractivity contribution in [3.05, 3.63) is 11.6 Å². The molecule has 0 saturated carbocycles. The summed E-state index contributed by atoms with van der Waals surface area (Å²) < 4.78 is 0. The second-order valence-electron chi connectivity index (χ2n) is 5.13. The predicted molar refractivity (Wildman–Crippen MR) is 74.9 cm³/mol. The number of carbonyl (C=O) groups excluding carboxylic acids is 1. The van der Waals surface area contributed by atoms with Gasteiger partial charge in [0.15, 0.2) is 0 Å². The van der Waals surface area contributed by atoms with Crippen molar-refractivity contribution < 1.29 is 14.7 Å². The van der Waals surface area contributed by atoms with Gasteiger partial charge in [-0.15, -0.1) is 0 Å². The van der Waals surface area contributed by atoms with E-state index in [1.807, 2.05) is 6.92 Å². The number of carboxylic acids is 1. The van der Waals surface area contributed by atoms with Crippen LogP contribution in [0.3, 0.4) is 0 Å². The van der Waals surface area contributed by atoms with Crippen molar-refractivity contribution in [3.63, 3.8) is 0 Å². The first-order valence-corrected chi connectivity index (χ1v) is 7.31. The van der Waals surface area contributed by atoms with Crippen LogP contribution in [0.1, 0.15) is 58.3 Å². The van der Waals surface area contributed by atoms with Crippen molar-refractivity contribution in [2.24, 2.45) is 0 Å². The van der Waals surface area contributed by atoms with Crippen LogP contribution in [0.4, 0.5) is 0 Å². The molecule has 4 nitrogen and oxygen atoms in total. The van der Waals surface area contributed by atoms with E-state index in [9.17, 15) is 9.59 Å². The molecule has 0 bridgehead atoms. The zero-order valence-corrected chi connectivity index (χ0v) is 11.9. The molecule has 1 rings (SSSR count). The van der Waals surface area contributed by atoms with E-state index in [2.05, 4.69) is 6.08 Å². The summed E-state index contributed by atoms with van der Waals surface area (Å²) in [7, 11) is 0. The summed E-state index contributed by atoms with van der Waals surface area (Å²) >= 11 is 0. The largest absolute Gasteiger partial charge is 0.481 e. The Morgan fingerprint density at radius 2 is 2.05 bits per heavy atom. The maximum absolute atomic E-state index is 11.9. The van der Waals surface area contributed by atoms with Gasteiger partial charge in [-0.2, -0.15) is 0 Å². The van der Waals surface area contributed by atoms with Gasteiger partial charge >= 0.3 is 5.97 Å². The summed E-state index contributed by atoms with van der Waals surface area (Å²) in [5, 5.41) is 8.74. The maximum atomic E-state index is 11.9. The monoisotopic (exact) mass is 267 g/mol. The molecule has 0 unspecified atom stereocenters. The van der Waals surface area contributed by atoms with Gasteiger partial charge < -0.3 is 10.0 Å². The Balaban J connectivity index is 2.45. The molecule has 0 aromatic rings. The number of aliphatic carboxylic acids is 1. The van der Waals surface area contributed by atoms with Gasteiger partial charge in [0, 0.05) is 19.5 Å². The van der Waals surface area contributed by atoms with Crippen LogP contribution in [-0.4, -0.2) is 35.0 Å². The Kier molecular flexibility index (Phi) is 7.23. The first-order valence-electron chi connectivity index (χ1n) is 7.31. The van der Waals surface area contributed by atoms with Gasteiger partial charge in [0.1, 0.15) is 0 Å². The standard InChI is InChI=1S/C15H25NO3/c1-2-6-14(17)16(12-10-15(18)19)11-9-13-7-4-3-5-8-13/h7H,2-6,8-12H2,1H3,(H,18,19). The topological polar surface area (TPSA) is 57.6 Å². The smallest absolute Gasteiger partial charge is 0.305 e. The molecular weight excluding hydrogens is 242 g/mol. The number of hydrogen-bond acceptors (Lipinski definition) is 2. The van der Waals surface area contributed by atoms with E-state index in [4.69, 9.17) is 5.11 Å². The van der Waals surface area contributed by atoms with E-state index in [1.165, 1.54) is 18.4 Å². The highest BCUT2D eigenvalue weighted by Crippen LogP contribution is 2.20. The van der Waals surface area contributed by atoms with Gasteiger partial charge in [-0.05, 0) is 38.5 Å². The van der Waals surface area contributed by atoms with Crippen molar-refractivity contribution in [1.82, 2.24) is 4.90 Å². The van der Waals surface area contributed by atoms with Crippen molar-refractivity contribution >= 4 is 11.9 Å². The third-order valence-electron chi connectivity index (χ3n) is 3.50. The minimum absolute atomic E-state index is 0.0362. The molecule has 0 fully saturated rings. The quantitative estimate of drug-likeness (QED) is 0.688. The van der Waals surface area contributed by atoms with Gasteiger partial charge in [0.2, 0.25) is 5.91 Å². The molecule has 0 aromatic carbocycles. The van der Waals surface area contributed by atoms with Crippen LogP contribution in [0, 0.1) is 0 Å². The average molecular weight is 267 g/mol. The summed E-state index contributed by atoms with van der Waals surface area (Å²) in [5.74, 6) is -0.758. The molecule has 0 radical (unpaired) electrons. The summed E-state index contributed by atoms with van der Waals surface area (Å²) in [6, 6.07) is 0. The maximum Gasteiger partial charge on any atom is 0.305 e. The first kappa shape index (κ1) is 15.7. The predicted octanol–water partition coefficient (Wildman–Crippen LogP) is 2.98. The van der Waals surface area contributed by atoms with Gasteiger partial charge in [-0.25, -0.2) is 0 Å². The molecule has 0 aromatic heterocycles. The minimum atomic E-state index is -0.841. The molecule has 19 heavy (non-hydrogen) atoms. The summed E-state index contributed by atoms with van der Waals surface area (Å²) in [6.07, 6.45) is 9.32. The molecule has 108 valence electrons. The molecule has 1 aliphatic carbocycles. The molecule has 1 amide bonds. The summed E-state index contributed by atoms with van der Waals surface area (Å²) in [6.45, 7) is 2.97. The SMILES string of the molecule is CCCC(=O)N(CCC(=O)O)CCC1=CCCCC1. The number of allylic oxidation sites excluding steroid dienone is 1. The molecule has 0 saturated heterocycles. The number of hydrogen-bond donors (Lipinski definition) is 1. The highest BCUT2D eigenvalue weighted by molar-refractivity contribution is 5.77. The molecule has 1 aliphatic rings. The van der Waals surface area contributed by atoms with Crippen LogP contribution in [-0.2, 0) is 9.59 Å². The molecule has 0 aliphatic heterocycles. The number of rotatable bonds is 8. The summed E-state index contributed by atoms with van der Waals surface area (Å²) in [4.78, 5) is 24.3.